The molecule has 0 heterocycles. The van der Waals surface area contributed by atoms with Crippen LogP contribution >= 0.6 is 0 Å². The topological polar surface area (TPSA) is 62.0 Å². The molecule has 0 aliphatic heterocycles. The molecule has 0 fully saturated rings. The van der Waals surface area contributed by atoms with Gasteiger partial charge in [-0.3, -0.25) is 4.79 Å². The lowest BCUT2D eigenvalue weighted by molar-refractivity contribution is 0.112. The Morgan fingerprint density at radius 1 is 1.04 bits per heavy atom. The lowest BCUT2D eigenvalue weighted by Crippen LogP contribution is -2.11. The number of nitrogens with zero attached hydrogens (tertiary/aromatic N) is 2. The average Bonchev–Trinajstić information content (AvgIpc) is 2.47. The van der Waals surface area contributed by atoms with Gasteiger partial charge in [-0.1, -0.05) is 39.0 Å². The van der Waals surface area contributed by atoms with Crippen molar-refractivity contribution in [2.75, 3.05) is 0 Å². The van der Waals surface area contributed by atoms with Gasteiger partial charge in [-0.15, -0.1) is 10.2 Å². The first-order chi connectivity index (χ1) is 10.7. The molecular weight excluding hydrogens is 288 g/mol. The van der Waals surface area contributed by atoms with E-state index < -0.39 is 0 Å². The number of phenols is 1. The normalized spacial score (nSPS) is 11.9. The summed E-state index contributed by atoms with van der Waals surface area (Å²) in [5, 5.41) is 18.7. The van der Waals surface area contributed by atoms with Crippen LogP contribution in [0.4, 0.5) is 11.4 Å². The standard InChI is InChI=1S/C19H22N2O2/c1-12-7-6-8-13(2)17(12)21-20-16-10-15(19(3,4)5)9-14(11-22)18(16)23/h6-11,23H,1-5H3. The number of azo groups is 1. The van der Waals surface area contributed by atoms with Crippen molar-refractivity contribution in [2.45, 2.75) is 40.0 Å². The Balaban J connectivity index is 2.55. The first-order valence-corrected chi connectivity index (χ1v) is 7.54. The maximum absolute atomic E-state index is 11.2. The van der Waals surface area contributed by atoms with E-state index in [1.54, 1.807) is 12.1 Å². The molecule has 23 heavy (non-hydrogen) atoms. The van der Waals surface area contributed by atoms with Gasteiger partial charge in [0, 0.05) is 0 Å². The zero-order valence-corrected chi connectivity index (χ0v) is 14.2. The van der Waals surface area contributed by atoms with Crippen molar-refractivity contribution >= 4 is 17.7 Å². The number of hydrogen-bond donors (Lipinski definition) is 1. The van der Waals surface area contributed by atoms with E-state index in [1.807, 2.05) is 52.8 Å². The third-order valence-corrected chi connectivity index (χ3v) is 3.81. The van der Waals surface area contributed by atoms with Crippen LogP contribution in [-0.2, 0) is 5.41 Å². The number of benzene rings is 2. The Hall–Kier alpha value is -2.49. The minimum absolute atomic E-state index is 0.136. The predicted octanol–water partition coefficient (Wildman–Crippen LogP) is 5.53. The van der Waals surface area contributed by atoms with Gasteiger partial charge >= 0.3 is 0 Å². The van der Waals surface area contributed by atoms with Crippen LogP contribution < -0.4 is 0 Å². The molecule has 0 aliphatic rings. The zero-order chi connectivity index (χ0) is 17.2. The molecule has 0 spiro atoms. The lowest BCUT2D eigenvalue weighted by Gasteiger charge is -2.20. The third-order valence-electron chi connectivity index (χ3n) is 3.81. The summed E-state index contributed by atoms with van der Waals surface area (Å²) in [6.45, 7) is 10.1. The van der Waals surface area contributed by atoms with E-state index >= 15 is 0 Å². The molecule has 120 valence electrons. The Morgan fingerprint density at radius 3 is 2.17 bits per heavy atom. The van der Waals surface area contributed by atoms with Crippen LogP contribution in [0.3, 0.4) is 0 Å². The highest BCUT2D eigenvalue weighted by molar-refractivity contribution is 5.83. The Bertz CT molecular complexity index is 751. The molecule has 0 radical (unpaired) electrons. The molecule has 0 saturated heterocycles. The number of phenolic OH excluding ortho intramolecular Hbond substituents is 1. The average molecular weight is 310 g/mol. The fourth-order valence-electron chi connectivity index (χ4n) is 2.31. The van der Waals surface area contributed by atoms with Gasteiger partial charge in [-0.2, -0.15) is 0 Å². The van der Waals surface area contributed by atoms with Crippen LogP contribution in [0.2, 0.25) is 0 Å². The molecule has 0 unspecified atom stereocenters. The van der Waals surface area contributed by atoms with E-state index in [4.69, 9.17) is 0 Å². The highest BCUT2D eigenvalue weighted by Gasteiger charge is 2.18. The minimum atomic E-state index is -0.158. The summed E-state index contributed by atoms with van der Waals surface area (Å²) >= 11 is 0. The van der Waals surface area contributed by atoms with E-state index in [9.17, 15) is 9.90 Å². The first-order valence-electron chi connectivity index (χ1n) is 7.54. The molecule has 0 saturated carbocycles. The molecule has 0 aromatic heterocycles. The zero-order valence-electron chi connectivity index (χ0n) is 14.2. The van der Waals surface area contributed by atoms with Crippen molar-refractivity contribution in [2.24, 2.45) is 10.2 Å². The summed E-state index contributed by atoms with van der Waals surface area (Å²) in [6.07, 6.45) is 0.641. The maximum Gasteiger partial charge on any atom is 0.153 e. The van der Waals surface area contributed by atoms with Gasteiger partial charge in [0.1, 0.15) is 5.69 Å². The minimum Gasteiger partial charge on any atom is -0.505 e. The Kier molecular flexibility index (Phi) is 4.64. The van der Waals surface area contributed by atoms with Crippen LogP contribution in [0.15, 0.2) is 40.6 Å². The summed E-state index contributed by atoms with van der Waals surface area (Å²) in [5.41, 5.74) is 4.10. The monoisotopic (exact) mass is 310 g/mol. The predicted molar refractivity (Wildman–Crippen MR) is 92.3 cm³/mol. The molecule has 2 rings (SSSR count). The number of aryl methyl sites for hydroxylation is 2. The van der Waals surface area contributed by atoms with Gasteiger partial charge in [0.2, 0.25) is 0 Å². The van der Waals surface area contributed by atoms with E-state index in [2.05, 4.69) is 10.2 Å². The van der Waals surface area contributed by atoms with Gasteiger partial charge in [0.05, 0.1) is 11.3 Å². The summed E-state index contributed by atoms with van der Waals surface area (Å²) in [7, 11) is 0. The number of carbonyl (C=O) groups excluding carboxylic acids is 1. The molecule has 2 aromatic carbocycles. The summed E-state index contributed by atoms with van der Waals surface area (Å²) < 4.78 is 0. The van der Waals surface area contributed by atoms with Crippen molar-refractivity contribution in [3.63, 3.8) is 0 Å². The van der Waals surface area contributed by atoms with E-state index in [1.165, 1.54) is 0 Å². The number of carbonyl (C=O) groups is 1. The van der Waals surface area contributed by atoms with Gasteiger partial charge < -0.3 is 5.11 Å². The second kappa shape index (κ2) is 6.32. The largest absolute Gasteiger partial charge is 0.505 e. The molecule has 4 nitrogen and oxygen atoms in total. The van der Waals surface area contributed by atoms with E-state index in [0.717, 1.165) is 22.4 Å². The molecule has 4 heteroatoms. The summed E-state index contributed by atoms with van der Waals surface area (Å²) in [5.74, 6) is -0.136. The van der Waals surface area contributed by atoms with Crippen molar-refractivity contribution < 1.29 is 9.90 Å². The van der Waals surface area contributed by atoms with Crippen molar-refractivity contribution in [3.8, 4) is 5.75 Å². The fourth-order valence-corrected chi connectivity index (χ4v) is 2.31. The fraction of sp³-hybridized carbons (Fsp3) is 0.316. The maximum atomic E-state index is 11.2. The lowest BCUT2D eigenvalue weighted by atomic mass is 9.85. The molecule has 0 atom stereocenters. The molecule has 1 N–H and O–H groups in total. The summed E-state index contributed by atoms with van der Waals surface area (Å²) in [4.78, 5) is 11.2. The second-order valence-corrected chi connectivity index (χ2v) is 6.74. The Labute approximate surface area is 136 Å². The van der Waals surface area contributed by atoms with Crippen LogP contribution in [0.25, 0.3) is 0 Å². The highest BCUT2D eigenvalue weighted by atomic mass is 16.3. The van der Waals surface area contributed by atoms with Crippen LogP contribution in [0.1, 0.15) is 47.8 Å². The third kappa shape index (κ3) is 3.65. The molecule has 2 aromatic rings. The van der Waals surface area contributed by atoms with E-state index in [-0.39, 0.29) is 16.7 Å². The van der Waals surface area contributed by atoms with Gasteiger partial charge in [-0.05, 0) is 48.1 Å². The van der Waals surface area contributed by atoms with Crippen molar-refractivity contribution in [1.82, 2.24) is 0 Å². The number of aldehydes is 1. The summed E-state index contributed by atoms with van der Waals surface area (Å²) in [6, 6.07) is 9.36. The molecule has 0 amide bonds. The molecule has 0 aliphatic carbocycles. The van der Waals surface area contributed by atoms with Crippen molar-refractivity contribution in [1.29, 1.82) is 0 Å². The molecule has 0 bridgehead atoms. The number of hydrogen-bond acceptors (Lipinski definition) is 4. The number of rotatable bonds is 3. The van der Waals surface area contributed by atoms with E-state index in [0.29, 0.717) is 12.0 Å². The smallest absolute Gasteiger partial charge is 0.153 e. The van der Waals surface area contributed by atoms with Gasteiger partial charge in [0.25, 0.3) is 0 Å². The van der Waals surface area contributed by atoms with Gasteiger partial charge in [-0.25, -0.2) is 0 Å². The van der Waals surface area contributed by atoms with Gasteiger partial charge in [0.15, 0.2) is 12.0 Å². The van der Waals surface area contributed by atoms with Crippen LogP contribution in [0.5, 0.6) is 5.75 Å². The SMILES string of the molecule is Cc1cccc(C)c1N=Nc1cc(C(C)(C)C)cc(C=O)c1O. The Morgan fingerprint density at radius 2 is 1.65 bits per heavy atom. The van der Waals surface area contributed by atoms with Crippen LogP contribution in [0, 0.1) is 13.8 Å². The quantitative estimate of drug-likeness (QED) is 0.598. The van der Waals surface area contributed by atoms with Crippen LogP contribution in [-0.4, -0.2) is 11.4 Å². The highest BCUT2D eigenvalue weighted by Crippen LogP contribution is 2.37. The van der Waals surface area contributed by atoms with Crippen molar-refractivity contribution in [3.05, 3.63) is 52.6 Å². The molecular formula is C19H22N2O2. The second-order valence-electron chi connectivity index (χ2n) is 6.74. The number of aromatic hydroxyl groups is 1. The first kappa shape index (κ1) is 16.9.